The van der Waals surface area contributed by atoms with Gasteiger partial charge in [0.05, 0.1) is 12.9 Å². The molecule has 0 amide bonds. The molecule has 10 nitrogen and oxygen atoms in total. The molecule has 1 aromatic carbocycles. The van der Waals surface area contributed by atoms with Gasteiger partial charge >= 0.3 is 0 Å². The zero-order valence-electron chi connectivity index (χ0n) is 14.4. The van der Waals surface area contributed by atoms with E-state index < -0.39 is 36.7 Å². The lowest BCUT2D eigenvalue weighted by Gasteiger charge is -2.19. The van der Waals surface area contributed by atoms with E-state index in [1.807, 2.05) is 31.2 Å². The van der Waals surface area contributed by atoms with Crippen molar-refractivity contribution >= 4 is 22.8 Å². The average Bonchev–Trinajstić information content (AvgIpc) is 3.16. The van der Waals surface area contributed by atoms with Crippen LogP contribution < -0.4 is 10.9 Å². The number of aromatic amines is 1. The summed E-state index contributed by atoms with van der Waals surface area (Å²) in [6.07, 6.45) is -3.44. The van der Waals surface area contributed by atoms with Gasteiger partial charge in [-0.2, -0.15) is 0 Å². The van der Waals surface area contributed by atoms with Crippen molar-refractivity contribution in [3.63, 3.8) is 0 Å². The minimum atomic E-state index is -1.33. The van der Waals surface area contributed by atoms with Crippen LogP contribution in [0.15, 0.2) is 35.4 Å². The number of fused-ring (bicyclic) bond motifs is 1. The second-order valence-corrected chi connectivity index (χ2v) is 6.43. The number of H-pyrrole nitrogens is 1. The van der Waals surface area contributed by atoms with E-state index in [1.165, 1.54) is 10.9 Å². The zero-order chi connectivity index (χ0) is 19.1. The predicted molar refractivity (Wildman–Crippen MR) is 95.6 cm³/mol. The maximum absolute atomic E-state index is 12.1. The fourth-order valence-corrected chi connectivity index (χ4v) is 3.11. The average molecular weight is 373 g/mol. The summed E-state index contributed by atoms with van der Waals surface area (Å²) in [5, 5.41) is 32.9. The van der Waals surface area contributed by atoms with E-state index in [1.54, 1.807) is 0 Å². The molecule has 3 heterocycles. The topological polar surface area (TPSA) is 146 Å². The number of aliphatic hydroxyl groups excluding tert-OH is 3. The fraction of sp³-hybridized carbons (Fsp3) is 0.353. The smallest absolute Gasteiger partial charge is 0.278 e. The van der Waals surface area contributed by atoms with E-state index in [0.29, 0.717) is 5.69 Å². The Morgan fingerprint density at radius 3 is 2.67 bits per heavy atom. The molecule has 1 aliphatic rings. The second-order valence-electron chi connectivity index (χ2n) is 6.43. The third kappa shape index (κ3) is 2.98. The van der Waals surface area contributed by atoms with Crippen molar-refractivity contribution in [3.8, 4) is 0 Å². The lowest BCUT2D eigenvalue weighted by molar-refractivity contribution is -0.0501. The summed E-state index contributed by atoms with van der Waals surface area (Å²) in [7, 11) is 0. The number of anilines is 2. The number of aliphatic hydroxyl groups is 3. The Hall–Kier alpha value is -2.79. The Balaban J connectivity index is 1.83. The van der Waals surface area contributed by atoms with Gasteiger partial charge in [0.2, 0.25) is 5.95 Å². The van der Waals surface area contributed by atoms with Gasteiger partial charge in [0, 0.05) is 5.69 Å². The molecule has 2 aromatic heterocycles. The molecule has 1 aliphatic heterocycles. The first kappa shape index (κ1) is 17.6. The molecular formula is C17H19N5O5. The SMILES string of the molecule is Cc1ccc(Nc2nc3c(=O)[nH]cnc3n2C2OC(CO)C(O)C2O)cc1. The van der Waals surface area contributed by atoms with Crippen molar-refractivity contribution in [2.24, 2.45) is 0 Å². The van der Waals surface area contributed by atoms with E-state index in [9.17, 15) is 20.1 Å². The monoisotopic (exact) mass is 373 g/mol. The van der Waals surface area contributed by atoms with Gasteiger partial charge in [-0.3, -0.25) is 9.36 Å². The number of hydrogen-bond acceptors (Lipinski definition) is 8. The van der Waals surface area contributed by atoms with Crippen LogP contribution in [-0.2, 0) is 4.74 Å². The lowest BCUT2D eigenvalue weighted by Crippen LogP contribution is -2.33. The van der Waals surface area contributed by atoms with Crippen molar-refractivity contribution in [2.75, 3.05) is 11.9 Å². The third-order valence-corrected chi connectivity index (χ3v) is 4.56. The molecule has 0 spiro atoms. The van der Waals surface area contributed by atoms with Crippen LogP contribution in [0, 0.1) is 6.92 Å². The van der Waals surface area contributed by atoms with Gasteiger partial charge in [0.25, 0.3) is 5.56 Å². The first-order valence-corrected chi connectivity index (χ1v) is 8.41. The van der Waals surface area contributed by atoms with Crippen molar-refractivity contribution in [1.29, 1.82) is 0 Å². The number of benzene rings is 1. The molecule has 1 fully saturated rings. The molecule has 0 saturated carbocycles. The molecular weight excluding hydrogens is 354 g/mol. The standard InChI is InChI=1S/C17H19N5O5/c1-8-2-4-9(5-3-8)20-17-21-11-14(18-7-19-15(11)26)22(17)16-13(25)12(24)10(6-23)27-16/h2-5,7,10,12-13,16,23-25H,6H2,1H3,(H,20,21)(H,18,19,26). The van der Waals surface area contributed by atoms with Crippen molar-refractivity contribution < 1.29 is 20.1 Å². The number of hydrogen-bond donors (Lipinski definition) is 5. The van der Waals surface area contributed by atoms with Crippen LogP contribution in [0.2, 0.25) is 0 Å². The lowest BCUT2D eigenvalue weighted by atomic mass is 10.1. The largest absolute Gasteiger partial charge is 0.394 e. The Labute approximate surface area is 153 Å². The van der Waals surface area contributed by atoms with Gasteiger partial charge in [-0.05, 0) is 19.1 Å². The molecule has 1 saturated heterocycles. The Bertz CT molecular complexity index is 1010. The second kappa shape index (κ2) is 6.74. The maximum Gasteiger partial charge on any atom is 0.278 e. The fourth-order valence-electron chi connectivity index (χ4n) is 3.11. The molecule has 0 radical (unpaired) electrons. The zero-order valence-corrected chi connectivity index (χ0v) is 14.4. The number of aromatic nitrogens is 4. The molecule has 142 valence electrons. The van der Waals surface area contributed by atoms with Gasteiger partial charge < -0.3 is 30.4 Å². The highest BCUT2D eigenvalue weighted by atomic mass is 16.6. The molecule has 3 aromatic rings. The molecule has 4 atom stereocenters. The first-order valence-electron chi connectivity index (χ1n) is 8.41. The van der Waals surface area contributed by atoms with Gasteiger partial charge in [0.15, 0.2) is 17.4 Å². The number of nitrogens with one attached hydrogen (secondary N) is 2. The summed E-state index contributed by atoms with van der Waals surface area (Å²) in [6, 6.07) is 7.50. The van der Waals surface area contributed by atoms with Gasteiger partial charge in [-0.1, -0.05) is 17.7 Å². The van der Waals surface area contributed by atoms with Gasteiger partial charge in [0.1, 0.15) is 18.3 Å². The summed E-state index contributed by atoms with van der Waals surface area (Å²) in [5.41, 5.74) is 1.58. The van der Waals surface area contributed by atoms with Crippen molar-refractivity contribution in [2.45, 2.75) is 31.5 Å². The number of imidazole rings is 1. The molecule has 4 rings (SSSR count). The first-order chi connectivity index (χ1) is 13.0. The quantitative estimate of drug-likeness (QED) is 0.422. The van der Waals surface area contributed by atoms with E-state index in [0.717, 1.165) is 5.56 Å². The molecule has 27 heavy (non-hydrogen) atoms. The molecule has 5 N–H and O–H groups in total. The Morgan fingerprint density at radius 2 is 2.00 bits per heavy atom. The van der Waals surface area contributed by atoms with E-state index in [4.69, 9.17) is 4.74 Å². The summed E-state index contributed by atoms with van der Waals surface area (Å²) >= 11 is 0. The normalized spacial score (nSPS) is 25.2. The van der Waals surface area contributed by atoms with Gasteiger partial charge in [-0.15, -0.1) is 0 Å². The van der Waals surface area contributed by atoms with Crippen LogP contribution in [0.4, 0.5) is 11.6 Å². The molecule has 10 heteroatoms. The minimum absolute atomic E-state index is 0.0600. The number of aryl methyl sites for hydroxylation is 1. The highest BCUT2D eigenvalue weighted by molar-refractivity contribution is 5.75. The summed E-state index contributed by atoms with van der Waals surface area (Å²) < 4.78 is 7.02. The van der Waals surface area contributed by atoms with Gasteiger partial charge in [-0.25, -0.2) is 9.97 Å². The molecule has 0 bridgehead atoms. The Morgan fingerprint density at radius 1 is 1.26 bits per heavy atom. The van der Waals surface area contributed by atoms with Crippen LogP contribution in [0.1, 0.15) is 11.8 Å². The molecule has 4 unspecified atom stereocenters. The predicted octanol–water partition coefficient (Wildman–Crippen LogP) is -0.217. The van der Waals surface area contributed by atoms with Crippen LogP contribution in [0.5, 0.6) is 0 Å². The number of nitrogens with zero attached hydrogens (tertiary/aromatic N) is 3. The number of ether oxygens (including phenoxy) is 1. The van der Waals surface area contributed by atoms with E-state index in [2.05, 4.69) is 20.3 Å². The van der Waals surface area contributed by atoms with Crippen LogP contribution in [-0.4, -0.2) is 59.8 Å². The summed E-state index contributed by atoms with van der Waals surface area (Å²) in [6.45, 7) is 1.50. The summed E-state index contributed by atoms with van der Waals surface area (Å²) in [4.78, 5) is 23.0. The minimum Gasteiger partial charge on any atom is -0.394 e. The maximum atomic E-state index is 12.1. The number of rotatable bonds is 4. The van der Waals surface area contributed by atoms with Crippen molar-refractivity contribution in [1.82, 2.24) is 19.5 Å². The van der Waals surface area contributed by atoms with Crippen LogP contribution >= 0.6 is 0 Å². The van der Waals surface area contributed by atoms with E-state index in [-0.39, 0.29) is 17.1 Å². The van der Waals surface area contributed by atoms with E-state index >= 15 is 0 Å². The van der Waals surface area contributed by atoms with Crippen molar-refractivity contribution in [3.05, 3.63) is 46.5 Å². The summed E-state index contributed by atoms with van der Waals surface area (Å²) in [5.74, 6) is 0.216. The van der Waals surface area contributed by atoms with Crippen LogP contribution in [0.25, 0.3) is 11.2 Å². The highest BCUT2D eigenvalue weighted by Crippen LogP contribution is 2.34. The Kier molecular flexibility index (Phi) is 4.40. The molecule has 0 aliphatic carbocycles. The van der Waals surface area contributed by atoms with Crippen LogP contribution in [0.3, 0.4) is 0 Å². The highest BCUT2D eigenvalue weighted by Gasteiger charge is 2.45. The third-order valence-electron chi connectivity index (χ3n) is 4.56.